The number of nitrogens with one attached hydrogen (secondary N) is 1. The lowest BCUT2D eigenvalue weighted by Gasteiger charge is -2.14. The van der Waals surface area contributed by atoms with Crippen LogP contribution in [0.4, 0.5) is 0 Å². The second-order valence-corrected chi connectivity index (χ2v) is 2.92. The van der Waals surface area contributed by atoms with Crippen molar-refractivity contribution in [1.82, 2.24) is 5.32 Å². The van der Waals surface area contributed by atoms with Gasteiger partial charge in [-0.1, -0.05) is 0 Å². The van der Waals surface area contributed by atoms with Crippen molar-refractivity contribution in [2.24, 2.45) is 0 Å². The number of allylic oxidation sites excluding steroid dienone is 2. The Morgan fingerprint density at radius 3 is 2.62 bits per heavy atom. The van der Waals surface area contributed by atoms with Gasteiger partial charge in [0, 0.05) is 32.4 Å². The highest BCUT2D eigenvalue weighted by Crippen LogP contribution is 2.11. The number of carbonyl (C=O) groups excluding carboxylic acids is 1. The minimum Gasteiger partial charge on any atom is -0.383 e. The van der Waals surface area contributed by atoms with E-state index in [0.29, 0.717) is 13.0 Å². The predicted octanol–water partition coefficient (Wildman–Crippen LogP) is 0.442. The highest BCUT2D eigenvalue weighted by molar-refractivity contribution is 5.92. The Bertz CT molecular complexity index is 209. The average molecular weight is 185 g/mol. The van der Waals surface area contributed by atoms with Crippen LogP contribution in [0.25, 0.3) is 0 Å². The van der Waals surface area contributed by atoms with Crippen LogP contribution >= 0.6 is 0 Å². The molecule has 0 aromatic rings. The second-order valence-electron chi connectivity index (χ2n) is 2.92. The van der Waals surface area contributed by atoms with Crippen molar-refractivity contribution < 1.29 is 14.3 Å². The smallest absolute Gasteiger partial charge is 0.173 e. The molecule has 0 saturated carbocycles. The summed E-state index contributed by atoms with van der Waals surface area (Å²) in [6, 6.07) is 0. The topological polar surface area (TPSA) is 47.6 Å². The lowest BCUT2D eigenvalue weighted by atomic mass is 10.3. The summed E-state index contributed by atoms with van der Waals surface area (Å²) in [5.74, 6) is 0.189. The number of ether oxygens (including phenoxy) is 2. The molecule has 0 aliphatic heterocycles. The van der Waals surface area contributed by atoms with E-state index in [9.17, 15) is 4.79 Å². The van der Waals surface area contributed by atoms with Gasteiger partial charge in [-0.25, -0.2) is 0 Å². The molecule has 1 aliphatic carbocycles. The Morgan fingerprint density at radius 2 is 2.15 bits per heavy atom. The Balaban J connectivity index is 2.25. The molecule has 0 aromatic carbocycles. The number of carbonyl (C=O) groups is 1. The third kappa shape index (κ3) is 3.16. The Labute approximate surface area is 77.9 Å². The number of hydrogen-bond acceptors (Lipinski definition) is 4. The van der Waals surface area contributed by atoms with Crippen LogP contribution in [0.15, 0.2) is 11.8 Å². The van der Waals surface area contributed by atoms with E-state index >= 15 is 0 Å². The maximum Gasteiger partial charge on any atom is 0.173 e. The summed E-state index contributed by atoms with van der Waals surface area (Å²) in [6.07, 6.45) is 2.81. The standard InChI is InChI=1S/C9H15NO3/c1-12-9(13-2)6-10-7-3-4-8(11)5-7/h5,9-10H,3-4,6H2,1-2H3. The SMILES string of the molecule is COC(CNC1=CC(=O)CC1)OC. The first-order valence-corrected chi connectivity index (χ1v) is 4.29. The first-order chi connectivity index (χ1) is 6.26. The largest absolute Gasteiger partial charge is 0.383 e. The van der Waals surface area contributed by atoms with E-state index < -0.39 is 0 Å². The van der Waals surface area contributed by atoms with E-state index in [0.717, 1.165) is 12.1 Å². The molecule has 74 valence electrons. The predicted molar refractivity (Wildman–Crippen MR) is 48.1 cm³/mol. The summed E-state index contributed by atoms with van der Waals surface area (Å²) < 4.78 is 9.98. The highest BCUT2D eigenvalue weighted by atomic mass is 16.7. The summed E-state index contributed by atoms with van der Waals surface area (Å²) in [6.45, 7) is 0.576. The zero-order valence-electron chi connectivity index (χ0n) is 8.00. The van der Waals surface area contributed by atoms with Gasteiger partial charge in [-0.05, 0) is 6.42 Å². The molecule has 0 spiro atoms. The molecule has 4 nitrogen and oxygen atoms in total. The number of ketones is 1. The van der Waals surface area contributed by atoms with Gasteiger partial charge in [0.05, 0.1) is 6.54 Å². The van der Waals surface area contributed by atoms with Gasteiger partial charge in [0.1, 0.15) is 0 Å². The molecule has 1 rings (SSSR count). The lowest BCUT2D eigenvalue weighted by molar-refractivity contribution is -0.114. The van der Waals surface area contributed by atoms with E-state index in [1.165, 1.54) is 0 Å². The zero-order valence-corrected chi connectivity index (χ0v) is 8.00. The molecule has 0 saturated heterocycles. The summed E-state index contributed by atoms with van der Waals surface area (Å²) >= 11 is 0. The van der Waals surface area contributed by atoms with Crippen LogP contribution in [-0.4, -0.2) is 32.8 Å². The maximum atomic E-state index is 10.9. The van der Waals surface area contributed by atoms with E-state index in [-0.39, 0.29) is 12.1 Å². The first-order valence-electron chi connectivity index (χ1n) is 4.29. The van der Waals surface area contributed by atoms with Crippen molar-refractivity contribution in [3.63, 3.8) is 0 Å². The lowest BCUT2D eigenvalue weighted by Crippen LogP contribution is -2.28. The minimum atomic E-state index is -0.253. The molecule has 1 aliphatic rings. The van der Waals surface area contributed by atoms with E-state index in [1.54, 1.807) is 20.3 Å². The van der Waals surface area contributed by atoms with Gasteiger partial charge in [-0.3, -0.25) is 4.79 Å². The maximum absolute atomic E-state index is 10.9. The van der Waals surface area contributed by atoms with Crippen LogP contribution in [0, 0.1) is 0 Å². The molecule has 0 unspecified atom stereocenters. The van der Waals surface area contributed by atoms with Crippen molar-refractivity contribution in [3.8, 4) is 0 Å². The Kier molecular flexibility index (Phi) is 3.92. The summed E-state index contributed by atoms with van der Waals surface area (Å²) in [5, 5.41) is 3.10. The zero-order chi connectivity index (χ0) is 9.68. The van der Waals surface area contributed by atoms with E-state index in [1.807, 2.05) is 0 Å². The van der Waals surface area contributed by atoms with Crippen molar-refractivity contribution in [3.05, 3.63) is 11.8 Å². The molecule has 4 heteroatoms. The van der Waals surface area contributed by atoms with Crippen molar-refractivity contribution in [2.75, 3.05) is 20.8 Å². The summed E-state index contributed by atoms with van der Waals surface area (Å²) in [4.78, 5) is 10.9. The number of rotatable bonds is 5. The monoisotopic (exact) mass is 185 g/mol. The van der Waals surface area contributed by atoms with Crippen molar-refractivity contribution in [1.29, 1.82) is 0 Å². The number of hydrogen-bond donors (Lipinski definition) is 1. The fourth-order valence-electron chi connectivity index (χ4n) is 1.21. The molecule has 0 radical (unpaired) electrons. The molecular weight excluding hydrogens is 170 g/mol. The fourth-order valence-corrected chi connectivity index (χ4v) is 1.21. The minimum absolute atomic E-state index is 0.189. The van der Waals surface area contributed by atoms with Crippen LogP contribution in [0.2, 0.25) is 0 Å². The van der Waals surface area contributed by atoms with Crippen LogP contribution in [0.5, 0.6) is 0 Å². The van der Waals surface area contributed by atoms with Gasteiger partial charge >= 0.3 is 0 Å². The first kappa shape index (κ1) is 10.2. The average Bonchev–Trinajstić information content (AvgIpc) is 2.53. The molecule has 0 aromatic heterocycles. The van der Waals surface area contributed by atoms with E-state index in [4.69, 9.17) is 9.47 Å². The van der Waals surface area contributed by atoms with Gasteiger partial charge in [0.2, 0.25) is 0 Å². The Morgan fingerprint density at radius 1 is 1.46 bits per heavy atom. The summed E-state index contributed by atoms with van der Waals surface area (Å²) in [5.41, 5.74) is 0.976. The van der Waals surface area contributed by atoms with Crippen LogP contribution < -0.4 is 5.32 Å². The fraction of sp³-hybridized carbons (Fsp3) is 0.667. The normalized spacial score (nSPS) is 16.5. The molecule has 1 N–H and O–H groups in total. The molecule has 13 heavy (non-hydrogen) atoms. The molecule has 0 heterocycles. The van der Waals surface area contributed by atoms with Crippen molar-refractivity contribution >= 4 is 5.78 Å². The second kappa shape index (κ2) is 4.99. The highest BCUT2D eigenvalue weighted by Gasteiger charge is 2.12. The quantitative estimate of drug-likeness (QED) is 0.631. The van der Waals surface area contributed by atoms with Crippen molar-refractivity contribution in [2.45, 2.75) is 19.1 Å². The third-order valence-electron chi connectivity index (χ3n) is 2.00. The molecular formula is C9H15NO3. The van der Waals surface area contributed by atoms with Gasteiger partial charge in [0.15, 0.2) is 12.1 Å². The van der Waals surface area contributed by atoms with Crippen LogP contribution in [-0.2, 0) is 14.3 Å². The third-order valence-corrected chi connectivity index (χ3v) is 2.00. The molecule has 0 amide bonds. The van der Waals surface area contributed by atoms with Gasteiger partial charge in [0.25, 0.3) is 0 Å². The number of methoxy groups -OCH3 is 2. The van der Waals surface area contributed by atoms with Gasteiger partial charge in [-0.15, -0.1) is 0 Å². The van der Waals surface area contributed by atoms with Crippen LogP contribution in [0.1, 0.15) is 12.8 Å². The van der Waals surface area contributed by atoms with Gasteiger partial charge < -0.3 is 14.8 Å². The summed E-state index contributed by atoms with van der Waals surface area (Å²) in [7, 11) is 3.17. The molecule has 0 atom stereocenters. The van der Waals surface area contributed by atoms with Gasteiger partial charge in [-0.2, -0.15) is 0 Å². The molecule has 0 bridgehead atoms. The molecule has 0 fully saturated rings. The van der Waals surface area contributed by atoms with E-state index in [2.05, 4.69) is 5.32 Å². The van der Waals surface area contributed by atoms with Crippen LogP contribution in [0.3, 0.4) is 0 Å². The Hall–Kier alpha value is -0.870.